The number of thiazole rings is 1. The number of carbonyl (C=O) groups excluding carboxylic acids is 1. The summed E-state index contributed by atoms with van der Waals surface area (Å²) in [5.41, 5.74) is 4.42. The Morgan fingerprint density at radius 3 is 2.52 bits per heavy atom. The fourth-order valence-corrected chi connectivity index (χ4v) is 6.52. The molecule has 6 rings (SSSR count). The summed E-state index contributed by atoms with van der Waals surface area (Å²) in [6.07, 6.45) is 1.82. The maximum Gasteiger partial charge on any atom is 0.338 e. The molecule has 0 radical (unpaired) electrons. The number of aromatic nitrogens is 1. The van der Waals surface area contributed by atoms with Crippen LogP contribution in [0, 0.1) is 6.92 Å². The zero-order valence-electron chi connectivity index (χ0n) is 25.0. The van der Waals surface area contributed by atoms with Crippen LogP contribution in [0.3, 0.4) is 0 Å². The first-order valence-corrected chi connectivity index (χ1v) is 15.2. The number of fused-ring (bicyclic) bond motifs is 2. The summed E-state index contributed by atoms with van der Waals surface area (Å²) in [6.45, 7) is 6.16. The minimum absolute atomic E-state index is 0.226. The lowest BCUT2D eigenvalue weighted by atomic mass is 9.95. The molecular formula is C36H32N2O5S. The van der Waals surface area contributed by atoms with Gasteiger partial charge in [-0.3, -0.25) is 9.36 Å². The Hall–Kier alpha value is -4.95. The van der Waals surface area contributed by atoms with Crippen LogP contribution < -0.4 is 24.4 Å². The molecule has 0 fully saturated rings. The number of esters is 1. The molecule has 0 spiro atoms. The maximum absolute atomic E-state index is 13.9. The van der Waals surface area contributed by atoms with Crippen LogP contribution in [-0.4, -0.2) is 24.3 Å². The van der Waals surface area contributed by atoms with E-state index in [4.69, 9.17) is 14.2 Å². The van der Waals surface area contributed by atoms with Crippen LogP contribution in [0.15, 0.2) is 106 Å². The third-order valence-corrected chi connectivity index (χ3v) is 8.64. The standard InChI is InChI=1S/C36H32N2O5S/c1-5-42-35(40)32-23(3)37-36-38(33(32)26-16-13-22(2)14-17-26)34(39)31(44-36)20-24-15-18-29(30(19-24)41-4)43-21-27-11-8-10-25-9-6-7-12-28(25)27/h6-20,33H,5,21H2,1-4H3. The second-order valence-corrected chi connectivity index (χ2v) is 11.6. The molecule has 222 valence electrons. The summed E-state index contributed by atoms with van der Waals surface area (Å²) in [7, 11) is 1.60. The number of hydrogen-bond acceptors (Lipinski definition) is 7. The van der Waals surface area contributed by atoms with E-state index in [1.165, 1.54) is 11.3 Å². The van der Waals surface area contributed by atoms with E-state index in [2.05, 4.69) is 29.3 Å². The number of rotatable bonds is 8. The molecule has 4 aromatic carbocycles. The van der Waals surface area contributed by atoms with Gasteiger partial charge < -0.3 is 14.2 Å². The van der Waals surface area contributed by atoms with Gasteiger partial charge in [0.1, 0.15) is 6.61 Å². The number of hydrogen-bond donors (Lipinski definition) is 0. The molecule has 1 aromatic heterocycles. The van der Waals surface area contributed by atoms with Gasteiger partial charge in [0.2, 0.25) is 0 Å². The molecule has 0 bridgehead atoms. The maximum atomic E-state index is 13.9. The van der Waals surface area contributed by atoms with Crippen LogP contribution in [-0.2, 0) is 16.1 Å². The highest BCUT2D eigenvalue weighted by Crippen LogP contribution is 2.32. The number of methoxy groups -OCH3 is 1. The molecule has 1 atom stereocenters. The van der Waals surface area contributed by atoms with Crippen molar-refractivity contribution in [1.29, 1.82) is 0 Å². The minimum Gasteiger partial charge on any atom is -0.493 e. The fourth-order valence-electron chi connectivity index (χ4n) is 5.47. The Morgan fingerprint density at radius 1 is 0.977 bits per heavy atom. The molecule has 0 saturated carbocycles. The van der Waals surface area contributed by atoms with Crippen molar-refractivity contribution in [2.45, 2.75) is 33.4 Å². The van der Waals surface area contributed by atoms with Gasteiger partial charge in [-0.05, 0) is 66.4 Å². The second kappa shape index (κ2) is 12.3. The number of nitrogens with zero attached hydrogens (tertiary/aromatic N) is 2. The van der Waals surface area contributed by atoms with E-state index in [-0.39, 0.29) is 12.2 Å². The van der Waals surface area contributed by atoms with Gasteiger partial charge in [-0.15, -0.1) is 0 Å². The van der Waals surface area contributed by atoms with Gasteiger partial charge in [0.15, 0.2) is 16.3 Å². The topological polar surface area (TPSA) is 79.1 Å². The van der Waals surface area contributed by atoms with E-state index in [1.54, 1.807) is 25.5 Å². The predicted octanol–water partition coefficient (Wildman–Crippen LogP) is 5.85. The normalized spacial score (nSPS) is 14.7. The number of benzene rings is 4. The van der Waals surface area contributed by atoms with E-state index in [0.717, 1.165) is 33.0 Å². The first-order valence-electron chi connectivity index (χ1n) is 14.4. The molecule has 0 saturated heterocycles. The summed E-state index contributed by atoms with van der Waals surface area (Å²) in [6, 6.07) is 27.2. The van der Waals surface area contributed by atoms with Crippen LogP contribution >= 0.6 is 11.3 Å². The van der Waals surface area contributed by atoms with Crippen molar-refractivity contribution in [2.75, 3.05) is 13.7 Å². The average Bonchev–Trinajstić information content (AvgIpc) is 3.33. The lowest BCUT2D eigenvalue weighted by Crippen LogP contribution is -2.39. The van der Waals surface area contributed by atoms with Crippen LogP contribution in [0.25, 0.3) is 16.8 Å². The van der Waals surface area contributed by atoms with E-state index in [9.17, 15) is 9.59 Å². The van der Waals surface area contributed by atoms with E-state index in [1.807, 2.05) is 73.7 Å². The lowest BCUT2D eigenvalue weighted by Gasteiger charge is -2.24. The number of ether oxygens (including phenoxy) is 3. The zero-order valence-corrected chi connectivity index (χ0v) is 25.8. The summed E-state index contributed by atoms with van der Waals surface area (Å²) in [4.78, 5) is 32.2. The van der Waals surface area contributed by atoms with E-state index < -0.39 is 12.0 Å². The molecule has 5 aromatic rings. The van der Waals surface area contributed by atoms with E-state index in [0.29, 0.717) is 38.7 Å². The van der Waals surface area contributed by atoms with Gasteiger partial charge >= 0.3 is 5.97 Å². The Balaban J connectivity index is 1.36. The molecule has 1 aliphatic rings. The van der Waals surface area contributed by atoms with Crippen LogP contribution in [0.1, 0.15) is 42.1 Å². The van der Waals surface area contributed by atoms with Crippen molar-refractivity contribution < 1.29 is 19.0 Å². The first-order chi connectivity index (χ1) is 21.4. The van der Waals surface area contributed by atoms with Gasteiger partial charge in [0.25, 0.3) is 5.56 Å². The van der Waals surface area contributed by atoms with Crippen molar-refractivity contribution in [3.63, 3.8) is 0 Å². The molecule has 2 heterocycles. The molecule has 8 heteroatoms. The lowest BCUT2D eigenvalue weighted by molar-refractivity contribution is -0.139. The van der Waals surface area contributed by atoms with Crippen molar-refractivity contribution in [3.8, 4) is 11.5 Å². The van der Waals surface area contributed by atoms with Crippen molar-refractivity contribution in [2.24, 2.45) is 4.99 Å². The van der Waals surface area contributed by atoms with Gasteiger partial charge in [-0.25, -0.2) is 9.79 Å². The number of carbonyl (C=O) groups is 1. The largest absolute Gasteiger partial charge is 0.493 e. The molecule has 1 unspecified atom stereocenters. The number of aryl methyl sites for hydroxylation is 1. The smallest absolute Gasteiger partial charge is 0.338 e. The van der Waals surface area contributed by atoms with Crippen molar-refractivity contribution in [3.05, 3.63) is 138 Å². The first kappa shape index (κ1) is 29.1. The third-order valence-electron chi connectivity index (χ3n) is 7.66. The predicted molar refractivity (Wildman–Crippen MR) is 173 cm³/mol. The molecule has 0 aliphatic carbocycles. The highest BCUT2D eigenvalue weighted by Gasteiger charge is 2.33. The van der Waals surface area contributed by atoms with Gasteiger partial charge in [-0.2, -0.15) is 0 Å². The van der Waals surface area contributed by atoms with Gasteiger partial charge in [-0.1, -0.05) is 89.7 Å². The van der Waals surface area contributed by atoms with Gasteiger partial charge in [0, 0.05) is 0 Å². The SMILES string of the molecule is CCOC(=O)C1=C(C)N=c2sc(=Cc3ccc(OCc4cccc5ccccc45)c(OC)c3)c(=O)n2C1c1ccc(C)cc1. The molecule has 7 nitrogen and oxygen atoms in total. The Bertz CT molecular complexity index is 2080. The molecular weight excluding hydrogens is 572 g/mol. The zero-order chi connectivity index (χ0) is 30.8. The molecule has 1 aliphatic heterocycles. The summed E-state index contributed by atoms with van der Waals surface area (Å²) in [5, 5.41) is 2.30. The summed E-state index contributed by atoms with van der Waals surface area (Å²) < 4.78 is 19.3. The average molecular weight is 605 g/mol. The van der Waals surface area contributed by atoms with Crippen molar-refractivity contribution in [1.82, 2.24) is 4.57 Å². The highest BCUT2D eigenvalue weighted by molar-refractivity contribution is 7.07. The van der Waals surface area contributed by atoms with Gasteiger partial charge in [0.05, 0.1) is 35.6 Å². The Labute approximate surface area is 259 Å². The summed E-state index contributed by atoms with van der Waals surface area (Å²) >= 11 is 1.29. The molecule has 44 heavy (non-hydrogen) atoms. The molecule has 0 amide bonds. The minimum atomic E-state index is -0.646. The number of allylic oxidation sites excluding steroid dienone is 1. The monoisotopic (exact) mass is 604 g/mol. The van der Waals surface area contributed by atoms with Crippen LogP contribution in [0.2, 0.25) is 0 Å². The van der Waals surface area contributed by atoms with Crippen LogP contribution in [0.4, 0.5) is 0 Å². The van der Waals surface area contributed by atoms with Crippen molar-refractivity contribution >= 4 is 34.2 Å². The Kier molecular flexibility index (Phi) is 8.17. The quantitative estimate of drug-likeness (QED) is 0.208. The summed E-state index contributed by atoms with van der Waals surface area (Å²) in [5.74, 6) is 0.690. The fraction of sp³-hybridized carbons (Fsp3) is 0.194. The second-order valence-electron chi connectivity index (χ2n) is 10.6. The van der Waals surface area contributed by atoms with E-state index >= 15 is 0 Å². The Morgan fingerprint density at radius 2 is 1.75 bits per heavy atom. The van der Waals surface area contributed by atoms with Crippen LogP contribution in [0.5, 0.6) is 11.5 Å². The highest BCUT2D eigenvalue weighted by atomic mass is 32.1. The molecule has 0 N–H and O–H groups in total. The third kappa shape index (κ3) is 5.56.